The van der Waals surface area contributed by atoms with Crippen LogP contribution >= 0.6 is 0 Å². The van der Waals surface area contributed by atoms with E-state index in [2.05, 4.69) is 10.6 Å². The van der Waals surface area contributed by atoms with Crippen LogP contribution in [0.2, 0.25) is 0 Å². The first kappa shape index (κ1) is 20.8. The quantitative estimate of drug-likeness (QED) is 0.578. The second kappa shape index (κ2) is 8.74. The van der Waals surface area contributed by atoms with E-state index in [1.54, 1.807) is 48.5 Å². The first-order valence-electron chi connectivity index (χ1n) is 9.99. The third-order valence-corrected chi connectivity index (χ3v) is 5.52. The molecule has 0 saturated carbocycles. The van der Waals surface area contributed by atoms with Crippen molar-refractivity contribution in [2.75, 3.05) is 5.32 Å². The van der Waals surface area contributed by atoms with Gasteiger partial charge in [-0.15, -0.1) is 0 Å². The van der Waals surface area contributed by atoms with Gasteiger partial charge in [0.15, 0.2) is 0 Å². The van der Waals surface area contributed by atoms with Crippen LogP contribution in [-0.2, 0) is 11.2 Å². The van der Waals surface area contributed by atoms with Crippen molar-refractivity contribution in [1.29, 1.82) is 5.26 Å². The molecule has 7 heteroatoms. The van der Waals surface area contributed by atoms with Gasteiger partial charge in [0.05, 0.1) is 23.6 Å². The minimum atomic E-state index is -0.952. The first-order chi connectivity index (χ1) is 15.5. The number of nitrogens with one attached hydrogen (secondary N) is 2. The highest BCUT2D eigenvalue weighted by atomic mass is 16.4. The van der Waals surface area contributed by atoms with Crippen molar-refractivity contribution in [2.24, 2.45) is 5.92 Å². The maximum atomic E-state index is 12.8. The summed E-state index contributed by atoms with van der Waals surface area (Å²) in [5, 5.41) is 24.0. The monoisotopic (exact) mass is 425 g/mol. The van der Waals surface area contributed by atoms with Crippen molar-refractivity contribution in [2.45, 2.75) is 12.5 Å². The maximum Gasteiger partial charge on any atom is 0.309 e. The predicted octanol–water partition coefficient (Wildman–Crippen LogP) is 3.54. The van der Waals surface area contributed by atoms with Gasteiger partial charge in [-0.1, -0.05) is 24.3 Å². The highest BCUT2D eigenvalue weighted by Crippen LogP contribution is 2.36. The van der Waals surface area contributed by atoms with E-state index in [0.717, 1.165) is 11.1 Å². The number of rotatable bonds is 5. The van der Waals surface area contributed by atoms with E-state index in [-0.39, 0.29) is 11.8 Å². The molecule has 32 heavy (non-hydrogen) atoms. The summed E-state index contributed by atoms with van der Waals surface area (Å²) in [5.41, 5.74) is 3.48. The van der Waals surface area contributed by atoms with Crippen LogP contribution in [0.5, 0.6) is 0 Å². The Morgan fingerprint density at radius 2 is 1.50 bits per heavy atom. The topological polar surface area (TPSA) is 119 Å². The number of carbonyl (C=O) groups is 3. The molecule has 3 aromatic carbocycles. The SMILES string of the molecule is N#Cc1ccc(C(=O)Nc2ccc(C(=O)N[C@@H]3c4ccccc4C[C@@H]3C(=O)O)cc2)cc1. The molecule has 3 aromatic rings. The van der Waals surface area contributed by atoms with Crippen LogP contribution in [0.3, 0.4) is 0 Å². The number of hydrogen-bond acceptors (Lipinski definition) is 4. The Morgan fingerprint density at radius 3 is 2.16 bits per heavy atom. The van der Waals surface area contributed by atoms with Crippen LogP contribution in [0.4, 0.5) is 5.69 Å². The average molecular weight is 425 g/mol. The van der Waals surface area contributed by atoms with Gasteiger partial charge in [0.2, 0.25) is 0 Å². The molecule has 4 rings (SSSR count). The molecule has 2 amide bonds. The number of carbonyl (C=O) groups excluding carboxylic acids is 2. The standard InChI is InChI=1S/C25H19N3O4/c26-14-15-5-7-16(8-6-15)23(29)27-19-11-9-17(10-12-19)24(30)28-22-20-4-2-1-3-18(20)13-21(22)25(31)32/h1-12,21-22H,13H2,(H,27,29)(H,28,30)(H,31,32)/t21-,22+/m0/s1. The summed E-state index contributed by atoms with van der Waals surface area (Å²) in [6.07, 6.45) is 0.372. The summed E-state index contributed by atoms with van der Waals surface area (Å²) < 4.78 is 0. The lowest BCUT2D eigenvalue weighted by atomic mass is 10.00. The number of fused-ring (bicyclic) bond motifs is 1. The van der Waals surface area contributed by atoms with Crippen molar-refractivity contribution in [1.82, 2.24) is 5.32 Å². The summed E-state index contributed by atoms with van der Waals surface area (Å²) in [5.74, 6) is -2.39. The molecule has 0 bridgehead atoms. The molecule has 158 valence electrons. The van der Waals surface area contributed by atoms with Crippen LogP contribution in [-0.4, -0.2) is 22.9 Å². The summed E-state index contributed by atoms with van der Waals surface area (Å²) in [6.45, 7) is 0. The largest absolute Gasteiger partial charge is 0.481 e. The lowest BCUT2D eigenvalue weighted by Gasteiger charge is -2.19. The molecule has 3 N–H and O–H groups in total. The zero-order valence-corrected chi connectivity index (χ0v) is 16.9. The number of benzene rings is 3. The molecule has 0 fully saturated rings. The molecule has 1 aliphatic rings. The zero-order chi connectivity index (χ0) is 22.7. The van der Waals surface area contributed by atoms with Crippen molar-refractivity contribution in [3.8, 4) is 6.07 Å². The minimum Gasteiger partial charge on any atom is -0.481 e. The molecule has 0 saturated heterocycles. The molecule has 0 heterocycles. The summed E-state index contributed by atoms with van der Waals surface area (Å²) in [4.78, 5) is 36.8. The van der Waals surface area contributed by atoms with Crippen LogP contribution in [0.15, 0.2) is 72.8 Å². The first-order valence-corrected chi connectivity index (χ1v) is 9.99. The summed E-state index contributed by atoms with van der Waals surface area (Å²) >= 11 is 0. The van der Waals surface area contributed by atoms with E-state index in [1.165, 1.54) is 0 Å². The molecule has 2 atom stereocenters. The van der Waals surface area contributed by atoms with E-state index >= 15 is 0 Å². The molecule has 0 unspecified atom stereocenters. The van der Waals surface area contributed by atoms with Crippen LogP contribution in [0, 0.1) is 17.2 Å². The van der Waals surface area contributed by atoms with E-state index in [1.807, 2.05) is 30.3 Å². The van der Waals surface area contributed by atoms with Gasteiger partial charge in [0.25, 0.3) is 11.8 Å². The van der Waals surface area contributed by atoms with Gasteiger partial charge < -0.3 is 15.7 Å². The van der Waals surface area contributed by atoms with E-state index < -0.39 is 17.9 Å². The molecule has 7 nitrogen and oxygen atoms in total. The molecular weight excluding hydrogens is 406 g/mol. The van der Waals surface area contributed by atoms with Crippen LogP contribution in [0.1, 0.15) is 43.4 Å². The van der Waals surface area contributed by atoms with Gasteiger partial charge in [-0.05, 0) is 66.1 Å². The molecule has 1 aliphatic carbocycles. The Labute approximate surface area is 184 Å². The fraction of sp³-hybridized carbons (Fsp3) is 0.120. The number of carboxylic acids is 1. The van der Waals surface area contributed by atoms with E-state index in [0.29, 0.717) is 28.8 Å². The molecule has 0 aromatic heterocycles. The fourth-order valence-corrected chi connectivity index (χ4v) is 3.83. The second-order valence-corrected chi connectivity index (χ2v) is 7.52. The minimum absolute atomic E-state index is 0.335. The second-order valence-electron chi connectivity index (χ2n) is 7.52. The Kier molecular flexibility index (Phi) is 5.69. The van der Waals surface area contributed by atoms with Gasteiger partial charge in [-0.3, -0.25) is 14.4 Å². The number of hydrogen-bond donors (Lipinski definition) is 3. The average Bonchev–Trinajstić information content (AvgIpc) is 3.18. The Bertz CT molecular complexity index is 1230. The van der Waals surface area contributed by atoms with Gasteiger partial charge in [-0.2, -0.15) is 5.26 Å². The Morgan fingerprint density at radius 1 is 0.875 bits per heavy atom. The molecule has 0 spiro atoms. The van der Waals surface area contributed by atoms with Gasteiger partial charge >= 0.3 is 5.97 Å². The smallest absolute Gasteiger partial charge is 0.309 e. The number of carboxylic acid groups (broad SMARTS) is 1. The van der Waals surface area contributed by atoms with E-state index in [4.69, 9.17) is 5.26 Å². The third-order valence-electron chi connectivity index (χ3n) is 5.52. The number of nitriles is 1. The maximum absolute atomic E-state index is 12.8. The number of anilines is 1. The highest BCUT2D eigenvalue weighted by molar-refractivity contribution is 6.04. The lowest BCUT2D eigenvalue weighted by Crippen LogP contribution is -2.34. The van der Waals surface area contributed by atoms with E-state index in [9.17, 15) is 19.5 Å². The zero-order valence-electron chi connectivity index (χ0n) is 16.9. The Hall–Kier alpha value is -4.44. The van der Waals surface area contributed by atoms with Crippen molar-refractivity contribution < 1.29 is 19.5 Å². The Balaban J connectivity index is 1.44. The van der Waals surface area contributed by atoms with Crippen molar-refractivity contribution in [3.05, 3.63) is 101 Å². The van der Waals surface area contributed by atoms with Crippen LogP contribution in [0.25, 0.3) is 0 Å². The van der Waals surface area contributed by atoms with Crippen molar-refractivity contribution in [3.63, 3.8) is 0 Å². The highest BCUT2D eigenvalue weighted by Gasteiger charge is 2.38. The number of aliphatic carboxylic acids is 1. The normalized spacial score (nSPS) is 16.5. The predicted molar refractivity (Wildman–Crippen MR) is 117 cm³/mol. The molecular formula is C25H19N3O4. The van der Waals surface area contributed by atoms with Crippen LogP contribution < -0.4 is 10.6 Å². The fourth-order valence-electron chi connectivity index (χ4n) is 3.83. The number of nitrogens with zero attached hydrogens (tertiary/aromatic N) is 1. The summed E-state index contributed by atoms with van der Waals surface area (Å²) in [7, 11) is 0. The van der Waals surface area contributed by atoms with Gasteiger partial charge in [0.1, 0.15) is 0 Å². The third kappa shape index (κ3) is 4.20. The van der Waals surface area contributed by atoms with Gasteiger partial charge in [0, 0.05) is 16.8 Å². The van der Waals surface area contributed by atoms with Gasteiger partial charge in [-0.25, -0.2) is 0 Å². The summed E-state index contributed by atoms with van der Waals surface area (Å²) in [6, 6.07) is 21.4. The molecule has 0 aliphatic heterocycles. The molecule has 0 radical (unpaired) electrons. The van der Waals surface area contributed by atoms with Crippen molar-refractivity contribution >= 4 is 23.5 Å². The lowest BCUT2D eigenvalue weighted by molar-refractivity contribution is -0.142. The number of amides is 2.